The van der Waals surface area contributed by atoms with Crippen molar-refractivity contribution >= 4 is 11.7 Å². The standard InChI is InChI=1S/C15H18F2N2O2/c16-13-11(15(20)21)3-4-12(14(13)17)19-8-5-10(9-19)18-6-1-2-7-18/h3-4,10H,1-2,5-9H2,(H,20,21). The molecule has 1 unspecified atom stereocenters. The van der Waals surface area contributed by atoms with E-state index in [2.05, 4.69) is 4.90 Å². The molecule has 1 atom stereocenters. The van der Waals surface area contributed by atoms with Gasteiger partial charge in [-0.2, -0.15) is 0 Å². The first-order valence-corrected chi connectivity index (χ1v) is 7.28. The molecule has 4 nitrogen and oxygen atoms in total. The number of hydrogen-bond acceptors (Lipinski definition) is 3. The van der Waals surface area contributed by atoms with E-state index in [1.54, 1.807) is 0 Å². The van der Waals surface area contributed by atoms with Gasteiger partial charge in [-0.25, -0.2) is 13.6 Å². The van der Waals surface area contributed by atoms with Gasteiger partial charge in [0.15, 0.2) is 11.6 Å². The van der Waals surface area contributed by atoms with Gasteiger partial charge >= 0.3 is 5.97 Å². The lowest BCUT2D eigenvalue weighted by Crippen LogP contribution is -2.35. The number of anilines is 1. The van der Waals surface area contributed by atoms with Crippen LogP contribution in [0.5, 0.6) is 0 Å². The van der Waals surface area contributed by atoms with E-state index in [1.165, 1.54) is 18.9 Å². The molecule has 0 saturated carbocycles. The molecule has 2 aliphatic rings. The maximum absolute atomic E-state index is 14.1. The summed E-state index contributed by atoms with van der Waals surface area (Å²) in [5.74, 6) is -3.78. The molecule has 0 radical (unpaired) electrons. The van der Waals surface area contributed by atoms with Gasteiger partial charge in [0.1, 0.15) is 0 Å². The summed E-state index contributed by atoms with van der Waals surface area (Å²) in [5.41, 5.74) is -0.453. The molecule has 1 aromatic carbocycles. The summed E-state index contributed by atoms with van der Waals surface area (Å²) in [7, 11) is 0. The minimum absolute atomic E-state index is 0.166. The molecule has 6 heteroatoms. The Morgan fingerprint density at radius 2 is 1.86 bits per heavy atom. The van der Waals surface area contributed by atoms with Gasteiger partial charge in [-0.15, -0.1) is 0 Å². The third-order valence-electron chi connectivity index (χ3n) is 4.45. The lowest BCUT2D eigenvalue weighted by molar-refractivity contribution is 0.0690. The Labute approximate surface area is 122 Å². The van der Waals surface area contributed by atoms with E-state index in [0.29, 0.717) is 19.1 Å². The fourth-order valence-electron chi connectivity index (χ4n) is 3.31. The topological polar surface area (TPSA) is 43.8 Å². The maximum atomic E-state index is 14.1. The molecule has 114 valence electrons. The van der Waals surface area contributed by atoms with Crippen LogP contribution in [-0.2, 0) is 0 Å². The van der Waals surface area contributed by atoms with Crippen molar-refractivity contribution in [3.05, 3.63) is 29.3 Å². The number of hydrogen-bond donors (Lipinski definition) is 1. The molecule has 0 aromatic heterocycles. The quantitative estimate of drug-likeness (QED) is 0.930. The smallest absolute Gasteiger partial charge is 0.338 e. The first kappa shape index (κ1) is 14.3. The average molecular weight is 296 g/mol. The summed E-state index contributed by atoms with van der Waals surface area (Å²) < 4.78 is 27.9. The van der Waals surface area contributed by atoms with E-state index < -0.39 is 23.2 Å². The van der Waals surface area contributed by atoms with Crippen molar-refractivity contribution < 1.29 is 18.7 Å². The zero-order valence-corrected chi connectivity index (χ0v) is 11.7. The molecular weight excluding hydrogens is 278 g/mol. The van der Waals surface area contributed by atoms with Crippen molar-refractivity contribution in [2.24, 2.45) is 0 Å². The molecule has 2 fully saturated rings. The molecule has 0 amide bonds. The molecule has 1 N–H and O–H groups in total. The second-order valence-corrected chi connectivity index (χ2v) is 5.70. The summed E-state index contributed by atoms with van der Waals surface area (Å²) in [6, 6.07) is 2.89. The zero-order chi connectivity index (χ0) is 15.0. The Kier molecular flexibility index (Phi) is 3.80. The number of carboxylic acids is 1. The molecule has 2 aliphatic heterocycles. The summed E-state index contributed by atoms with van der Waals surface area (Å²) >= 11 is 0. The van der Waals surface area contributed by atoms with Gasteiger partial charge in [-0.3, -0.25) is 4.90 Å². The second-order valence-electron chi connectivity index (χ2n) is 5.70. The van der Waals surface area contributed by atoms with E-state index in [1.807, 2.05) is 4.90 Å². The Morgan fingerprint density at radius 3 is 2.52 bits per heavy atom. The zero-order valence-electron chi connectivity index (χ0n) is 11.7. The van der Waals surface area contributed by atoms with Gasteiger partial charge < -0.3 is 10.0 Å². The fourth-order valence-corrected chi connectivity index (χ4v) is 3.31. The molecule has 0 aliphatic carbocycles. The first-order valence-electron chi connectivity index (χ1n) is 7.28. The predicted molar refractivity (Wildman–Crippen MR) is 74.7 cm³/mol. The van der Waals surface area contributed by atoms with E-state index in [-0.39, 0.29) is 5.69 Å². The maximum Gasteiger partial charge on any atom is 0.338 e. The number of carboxylic acid groups (broad SMARTS) is 1. The van der Waals surface area contributed by atoms with Crippen LogP contribution in [0.3, 0.4) is 0 Å². The summed E-state index contributed by atoms with van der Waals surface area (Å²) in [6.07, 6.45) is 3.33. The van der Waals surface area contributed by atoms with Crippen molar-refractivity contribution in [2.45, 2.75) is 25.3 Å². The van der Waals surface area contributed by atoms with E-state index in [9.17, 15) is 13.6 Å². The highest BCUT2D eigenvalue weighted by molar-refractivity contribution is 5.88. The van der Waals surface area contributed by atoms with Crippen LogP contribution in [0, 0.1) is 11.6 Å². The molecule has 1 aromatic rings. The average Bonchev–Trinajstić information content (AvgIpc) is 3.10. The Bertz CT molecular complexity index is 559. The van der Waals surface area contributed by atoms with Crippen molar-refractivity contribution in [3.8, 4) is 0 Å². The van der Waals surface area contributed by atoms with E-state index >= 15 is 0 Å². The summed E-state index contributed by atoms with van der Waals surface area (Å²) in [6.45, 7) is 3.49. The molecule has 2 heterocycles. The van der Waals surface area contributed by atoms with Gasteiger partial charge in [0, 0.05) is 19.1 Å². The molecule has 0 spiro atoms. The SMILES string of the molecule is O=C(O)c1ccc(N2CCC(N3CCCC3)C2)c(F)c1F. The Balaban J connectivity index is 1.78. The highest BCUT2D eigenvalue weighted by Crippen LogP contribution is 2.29. The largest absolute Gasteiger partial charge is 0.478 e. The van der Waals surface area contributed by atoms with Crippen molar-refractivity contribution in [1.82, 2.24) is 4.90 Å². The van der Waals surface area contributed by atoms with Gasteiger partial charge in [0.05, 0.1) is 11.3 Å². The number of rotatable bonds is 3. The number of carbonyl (C=O) groups is 1. The van der Waals surface area contributed by atoms with E-state index in [0.717, 1.165) is 25.6 Å². The van der Waals surface area contributed by atoms with Crippen LogP contribution < -0.4 is 4.90 Å². The van der Waals surface area contributed by atoms with Crippen LogP contribution in [0.4, 0.5) is 14.5 Å². The molecule has 2 saturated heterocycles. The Hall–Kier alpha value is -1.69. The fraction of sp³-hybridized carbons (Fsp3) is 0.533. The Morgan fingerprint density at radius 1 is 1.14 bits per heavy atom. The predicted octanol–water partition coefficient (Wildman–Crippen LogP) is 2.34. The van der Waals surface area contributed by atoms with Gasteiger partial charge in [0.25, 0.3) is 0 Å². The number of halogens is 2. The van der Waals surface area contributed by atoms with Crippen LogP contribution in [0.2, 0.25) is 0 Å². The summed E-state index contributed by atoms with van der Waals surface area (Å²) in [5, 5.41) is 8.80. The van der Waals surface area contributed by atoms with Crippen LogP contribution >= 0.6 is 0 Å². The third kappa shape index (κ3) is 2.60. The lowest BCUT2D eigenvalue weighted by atomic mass is 10.1. The first-order chi connectivity index (χ1) is 10.1. The normalized spacial score (nSPS) is 23.0. The molecule has 0 bridgehead atoms. The van der Waals surface area contributed by atoms with Gasteiger partial charge in [-0.1, -0.05) is 0 Å². The molecule has 21 heavy (non-hydrogen) atoms. The van der Waals surface area contributed by atoms with Crippen LogP contribution in [0.1, 0.15) is 29.6 Å². The highest BCUT2D eigenvalue weighted by Gasteiger charge is 2.31. The minimum atomic E-state index is -1.45. The number of likely N-dealkylation sites (tertiary alicyclic amines) is 1. The second kappa shape index (κ2) is 5.60. The van der Waals surface area contributed by atoms with Crippen molar-refractivity contribution in [2.75, 3.05) is 31.1 Å². The molecular formula is C15H18F2N2O2. The number of aromatic carboxylic acids is 1. The van der Waals surface area contributed by atoms with Gasteiger partial charge in [0.2, 0.25) is 0 Å². The lowest BCUT2D eigenvalue weighted by Gasteiger charge is -2.24. The third-order valence-corrected chi connectivity index (χ3v) is 4.45. The number of benzene rings is 1. The minimum Gasteiger partial charge on any atom is -0.478 e. The number of nitrogens with zero attached hydrogens (tertiary/aromatic N) is 2. The highest BCUT2D eigenvalue weighted by atomic mass is 19.2. The molecule has 3 rings (SSSR count). The van der Waals surface area contributed by atoms with Crippen LogP contribution in [-0.4, -0.2) is 48.2 Å². The van der Waals surface area contributed by atoms with Gasteiger partial charge in [-0.05, 0) is 44.5 Å². The van der Waals surface area contributed by atoms with Crippen molar-refractivity contribution in [1.29, 1.82) is 0 Å². The van der Waals surface area contributed by atoms with Crippen LogP contribution in [0.15, 0.2) is 12.1 Å². The summed E-state index contributed by atoms with van der Waals surface area (Å²) in [4.78, 5) is 15.0. The van der Waals surface area contributed by atoms with Crippen molar-refractivity contribution in [3.63, 3.8) is 0 Å². The van der Waals surface area contributed by atoms with E-state index in [4.69, 9.17) is 5.11 Å². The van der Waals surface area contributed by atoms with Crippen LogP contribution in [0.25, 0.3) is 0 Å². The monoisotopic (exact) mass is 296 g/mol.